The van der Waals surface area contributed by atoms with E-state index < -0.39 is 0 Å². The third kappa shape index (κ3) is 4.39. The quantitative estimate of drug-likeness (QED) is 0.408. The number of hydrogen-bond donors (Lipinski definition) is 0. The first-order valence-electron chi connectivity index (χ1n) is 8.43. The molecule has 3 rings (SSSR count). The zero-order valence-electron chi connectivity index (χ0n) is 15.2. The van der Waals surface area contributed by atoms with Crippen molar-refractivity contribution in [3.63, 3.8) is 0 Å². The van der Waals surface area contributed by atoms with Crippen LogP contribution in [0.25, 0.3) is 6.08 Å². The Bertz CT molecular complexity index is 964. The molecule has 1 saturated heterocycles. The average molecular weight is 482 g/mol. The Morgan fingerprint density at radius 2 is 2.04 bits per heavy atom. The van der Waals surface area contributed by atoms with Crippen molar-refractivity contribution in [2.24, 2.45) is 0 Å². The molecule has 1 fully saturated rings. The molecule has 0 aromatic heterocycles. The number of methoxy groups -OCH3 is 1. The summed E-state index contributed by atoms with van der Waals surface area (Å²) in [7, 11) is 1.53. The summed E-state index contributed by atoms with van der Waals surface area (Å²) in [6.45, 7) is 2.49. The van der Waals surface area contributed by atoms with Crippen molar-refractivity contribution in [2.75, 3.05) is 13.7 Å². The van der Waals surface area contributed by atoms with Crippen molar-refractivity contribution in [2.45, 2.75) is 13.5 Å². The zero-order valence-corrected chi connectivity index (χ0v) is 18.4. The number of ether oxygens (including phenoxy) is 2. The molecule has 0 radical (unpaired) electrons. The van der Waals surface area contributed by atoms with Crippen LogP contribution in [0.4, 0.5) is 4.39 Å². The number of hydrogen-bond acceptors (Lipinski definition) is 5. The van der Waals surface area contributed by atoms with Crippen LogP contribution >= 0.6 is 39.9 Å². The van der Waals surface area contributed by atoms with Gasteiger partial charge in [-0.15, -0.1) is 0 Å². The molecule has 0 bridgehead atoms. The average Bonchev–Trinajstić information content (AvgIpc) is 2.95. The van der Waals surface area contributed by atoms with Gasteiger partial charge in [-0.3, -0.25) is 9.69 Å². The Labute approximate surface area is 180 Å². The van der Waals surface area contributed by atoms with Gasteiger partial charge in [-0.25, -0.2) is 4.39 Å². The second kappa shape index (κ2) is 9.07. The maximum atomic E-state index is 13.8. The van der Waals surface area contributed by atoms with Crippen molar-refractivity contribution in [1.29, 1.82) is 0 Å². The van der Waals surface area contributed by atoms with Crippen LogP contribution < -0.4 is 9.47 Å². The number of thioether (sulfide) groups is 1. The number of carbonyl (C=O) groups is 1. The van der Waals surface area contributed by atoms with Crippen molar-refractivity contribution < 1.29 is 18.7 Å². The molecule has 0 atom stereocenters. The van der Waals surface area contributed by atoms with Crippen LogP contribution in [0.5, 0.6) is 11.5 Å². The minimum absolute atomic E-state index is 0.0734. The standard InChI is InChI=1S/C20H17BrFNO3S2/c1-3-23-19(24)18(28-20(23)27)9-13-8-16(25-2)17(10-14(13)21)26-11-12-6-4-5-7-15(12)22/h4-10H,3,11H2,1-2H3. The number of amides is 1. The predicted molar refractivity (Wildman–Crippen MR) is 117 cm³/mol. The van der Waals surface area contributed by atoms with E-state index in [1.165, 1.54) is 24.9 Å². The molecule has 2 aromatic rings. The van der Waals surface area contributed by atoms with Gasteiger partial charge in [0.1, 0.15) is 16.7 Å². The fourth-order valence-corrected chi connectivity index (χ4v) is 4.43. The van der Waals surface area contributed by atoms with E-state index in [1.807, 2.05) is 6.92 Å². The summed E-state index contributed by atoms with van der Waals surface area (Å²) >= 11 is 10.0. The number of carbonyl (C=O) groups excluding carboxylic acids is 1. The van der Waals surface area contributed by atoms with Gasteiger partial charge in [-0.05, 0) is 36.8 Å². The van der Waals surface area contributed by atoms with Gasteiger partial charge in [-0.2, -0.15) is 0 Å². The number of halogens is 2. The molecule has 1 aliphatic heterocycles. The summed E-state index contributed by atoms with van der Waals surface area (Å²) in [6, 6.07) is 9.95. The van der Waals surface area contributed by atoms with Gasteiger partial charge in [0.15, 0.2) is 11.5 Å². The van der Waals surface area contributed by atoms with Crippen LogP contribution in [0.3, 0.4) is 0 Å². The molecule has 0 N–H and O–H groups in total. The van der Waals surface area contributed by atoms with Crippen LogP contribution in [0.1, 0.15) is 18.1 Å². The SMILES string of the molecule is CCN1C(=O)C(=Cc2cc(OC)c(OCc3ccccc3F)cc2Br)SC1=S. The maximum absolute atomic E-state index is 13.8. The van der Waals surface area contributed by atoms with Crippen molar-refractivity contribution in [1.82, 2.24) is 4.90 Å². The number of nitrogens with zero attached hydrogens (tertiary/aromatic N) is 1. The molecular weight excluding hydrogens is 465 g/mol. The summed E-state index contributed by atoms with van der Waals surface area (Å²) in [5.41, 5.74) is 1.21. The van der Waals surface area contributed by atoms with Gasteiger partial charge < -0.3 is 9.47 Å². The largest absolute Gasteiger partial charge is 0.493 e. The predicted octanol–water partition coefficient (Wildman–Crippen LogP) is 5.40. The Kier molecular flexibility index (Phi) is 6.74. The van der Waals surface area contributed by atoms with Crippen LogP contribution in [-0.2, 0) is 11.4 Å². The minimum Gasteiger partial charge on any atom is -0.493 e. The van der Waals surface area contributed by atoms with Crippen LogP contribution in [-0.4, -0.2) is 28.8 Å². The second-order valence-electron chi connectivity index (χ2n) is 5.83. The second-order valence-corrected chi connectivity index (χ2v) is 8.36. The lowest BCUT2D eigenvalue weighted by Crippen LogP contribution is -2.27. The van der Waals surface area contributed by atoms with Crippen LogP contribution in [0.15, 0.2) is 45.8 Å². The molecule has 1 aliphatic rings. The van der Waals surface area contributed by atoms with E-state index in [-0.39, 0.29) is 18.3 Å². The Morgan fingerprint density at radius 1 is 1.29 bits per heavy atom. The van der Waals surface area contributed by atoms with E-state index >= 15 is 0 Å². The Balaban J connectivity index is 1.86. The first kappa shape index (κ1) is 20.8. The molecule has 8 heteroatoms. The summed E-state index contributed by atoms with van der Waals surface area (Å²) in [4.78, 5) is 14.5. The third-order valence-electron chi connectivity index (χ3n) is 4.10. The number of thiocarbonyl (C=S) groups is 1. The third-order valence-corrected chi connectivity index (χ3v) is 6.16. The number of likely N-dealkylation sites (N-methyl/N-ethyl adjacent to an activating group) is 1. The Morgan fingerprint density at radius 3 is 2.68 bits per heavy atom. The molecule has 146 valence electrons. The first-order valence-corrected chi connectivity index (χ1v) is 10.5. The lowest BCUT2D eigenvalue weighted by atomic mass is 10.1. The topological polar surface area (TPSA) is 38.8 Å². The van der Waals surface area contributed by atoms with E-state index in [0.29, 0.717) is 32.8 Å². The van der Waals surface area contributed by atoms with E-state index in [2.05, 4.69) is 15.9 Å². The number of rotatable bonds is 6. The molecule has 0 saturated carbocycles. The molecule has 4 nitrogen and oxygen atoms in total. The van der Waals surface area contributed by atoms with Crippen molar-refractivity contribution in [3.8, 4) is 11.5 Å². The van der Waals surface area contributed by atoms with Gasteiger partial charge in [-0.1, -0.05) is 58.1 Å². The molecule has 0 spiro atoms. The van der Waals surface area contributed by atoms with Gasteiger partial charge >= 0.3 is 0 Å². The summed E-state index contributed by atoms with van der Waals surface area (Å²) in [5, 5.41) is 0. The van der Waals surface area contributed by atoms with Crippen LogP contribution in [0, 0.1) is 5.82 Å². The highest BCUT2D eigenvalue weighted by Crippen LogP contribution is 2.38. The molecule has 28 heavy (non-hydrogen) atoms. The molecule has 1 heterocycles. The normalized spacial score (nSPS) is 15.4. The molecular formula is C20H17BrFNO3S2. The van der Waals surface area contributed by atoms with E-state index in [0.717, 1.165) is 10.0 Å². The van der Waals surface area contributed by atoms with E-state index in [9.17, 15) is 9.18 Å². The van der Waals surface area contributed by atoms with Crippen molar-refractivity contribution in [3.05, 3.63) is 62.7 Å². The fraction of sp³-hybridized carbons (Fsp3) is 0.200. The highest BCUT2D eigenvalue weighted by molar-refractivity contribution is 9.10. The maximum Gasteiger partial charge on any atom is 0.266 e. The highest BCUT2D eigenvalue weighted by atomic mass is 79.9. The molecule has 0 aliphatic carbocycles. The van der Waals surface area contributed by atoms with Gasteiger partial charge in [0, 0.05) is 16.6 Å². The first-order chi connectivity index (χ1) is 13.4. The van der Waals surface area contributed by atoms with Gasteiger partial charge in [0.2, 0.25) is 0 Å². The number of benzene rings is 2. The van der Waals surface area contributed by atoms with Gasteiger partial charge in [0.05, 0.1) is 12.0 Å². The van der Waals surface area contributed by atoms with Crippen LogP contribution in [0.2, 0.25) is 0 Å². The smallest absolute Gasteiger partial charge is 0.266 e. The highest BCUT2D eigenvalue weighted by Gasteiger charge is 2.30. The van der Waals surface area contributed by atoms with Gasteiger partial charge in [0.25, 0.3) is 5.91 Å². The van der Waals surface area contributed by atoms with Crippen molar-refractivity contribution >= 4 is 56.2 Å². The molecule has 2 aromatic carbocycles. The molecule has 0 unspecified atom stereocenters. The minimum atomic E-state index is -0.324. The van der Waals surface area contributed by atoms with E-state index in [1.54, 1.807) is 41.3 Å². The Hall–Kier alpha value is -1.90. The lowest BCUT2D eigenvalue weighted by Gasteiger charge is -2.13. The summed E-state index contributed by atoms with van der Waals surface area (Å²) < 4.78 is 26.2. The summed E-state index contributed by atoms with van der Waals surface area (Å²) in [5.74, 6) is 0.519. The zero-order chi connectivity index (χ0) is 20.3. The fourth-order valence-electron chi connectivity index (χ4n) is 2.62. The lowest BCUT2D eigenvalue weighted by molar-refractivity contribution is -0.121. The monoisotopic (exact) mass is 481 g/mol. The molecule has 1 amide bonds. The summed E-state index contributed by atoms with van der Waals surface area (Å²) in [6.07, 6.45) is 1.77. The van der Waals surface area contributed by atoms with E-state index in [4.69, 9.17) is 21.7 Å².